The van der Waals surface area contributed by atoms with E-state index in [-0.39, 0.29) is 5.82 Å². The lowest BCUT2D eigenvalue weighted by Gasteiger charge is -2.13. The molecule has 2 N–H and O–H groups in total. The maximum Gasteiger partial charge on any atom is 0.130 e. The van der Waals surface area contributed by atoms with Gasteiger partial charge in [-0.25, -0.2) is 4.39 Å². The minimum atomic E-state index is -0.267. The zero-order valence-electron chi connectivity index (χ0n) is 11.2. The Balaban J connectivity index is 2.32. The Morgan fingerprint density at radius 1 is 1.05 bits per heavy atom. The van der Waals surface area contributed by atoms with Gasteiger partial charge in [0.05, 0.1) is 0 Å². The van der Waals surface area contributed by atoms with Crippen molar-refractivity contribution in [1.82, 2.24) is 0 Å². The summed E-state index contributed by atoms with van der Waals surface area (Å²) in [6.07, 6.45) is 0.595. The second kappa shape index (κ2) is 5.85. The number of nitrogens with two attached hydrogens (primary N) is 1. The van der Waals surface area contributed by atoms with Gasteiger partial charge in [0.15, 0.2) is 0 Å². The number of hydrogen-bond acceptors (Lipinski definition) is 2. The Labute approximate surface area is 113 Å². The molecule has 0 aromatic heterocycles. The molecule has 0 aliphatic rings. The summed E-state index contributed by atoms with van der Waals surface area (Å²) in [5.74, 6) is 1.19. The van der Waals surface area contributed by atoms with E-state index in [4.69, 9.17) is 10.5 Å². The monoisotopic (exact) mass is 259 g/mol. The quantitative estimate of drug-likeness (QED) is 0.907. The topological polar surface area (TPSA) is 35.2 Å². The summed E-state index contributed by atoms with van der Waals surface area (Å²) < 4.78 is 19.1. The van der Waals surface area contributed by atoms with E-state index in [0.717, 1.165) is 16.9 Å². The van der Waals surface area contributed by atoms with E-state index in [0.29, 0.717) is 18.7 Å². The smallest absolute Gasteiger partial charge is 0.130 e. The maximum atomic E-state index is 13.2. The molecule has 0 aliphatic carbocycles. The van der Waals surface area contributed by atoms with Gasteiger partial charge < -0.3 is 10.5 Å². The van der Waals surface area contributed by atoms with E-state index in [1.54, 1.807) is 6.07 Å². The maximum absolute atomic E-state index is 13.2. The lowest BCUT2D eigenvalue weighted by atomic mass is 10.1. The fraction of sp³-hybridized carbons (Fsp3) is 0.250. The molecule has 0 atom stereocenters. The molecule has 2 rings (SSSR count). The number of ether oxygens (including phenoxy) is 1. The van der Waals surface area contributed by atoms with Gasteiger partial charge >= 0.3 is 0 Å². The molecule has 2 aromatic carbocycles. The normalized spacial score (nSPS) is 10.5. The van der Waals surface area contributed by atoms with Crippen molar-refractivity contribution >= 4 is 0 Å². The molecule has 100 valence electrons. The van der Waals surface area contributed by atoms with Crippen molar-refractivity contribution in [2.45, 2.75) is 20.3 Å². The minimum absolute atomic E-state index is 0.267. The fourth-order valence-corrected chi connectivity index (χ4v) is 2.03. The van der Waals surface area contributed by atoms with Crippen LogP contribution in [0.5, 0.6) is 11.5 Å². The van der Waals surface area contributed by atoms with Crippen LogP contribution in [0.25, 0.3) is 0 Å². The SMILES string of the molecule is Cc1ccc(Oc2ccc(F)cc2CCN)c(C)c1. The van der Waals surface area contributed by atoms with Crippen LogP contribution in [-0.4, -0.2) is 6.54 Å². The molecule has 19 heavy (non-hydrogen) atoms. The third kappa shape index (κ3) is 3.32. The van der Waals surface area contributed by atoms with Gasteiger partial charge in [0.1, 0.15) is 17.3 Å². The zero-order valence-corrected chi connectivity index (χ0v) is 11.2. The van der Waals surface area contributed by atoms with Crippen LogP contribution < -0.4 is 10.5 Å². The van der Waals surface area contributed by atoms with Crippen molar-refractivity contribution in [1.29, 1.82) is 0 Å². The molecular formula is C16H18FNO. The van der Waals surface area contributed by atoms with Crippen LogP contribution >= 0.6 is 0 Å². The number of aryl methyl sites for hydroxylation is 2. The van der Waals surface area contributed by atoms with E-state index in [1.165, 1.54) is 17.7 Å². The minimum Gasteiger partial charge on any atom is -0.457 e. The molecule has 2 nitrogen and oxygen atoms in total. The molecular weight excluding hydrogens is 241 g/mol. The summed E-state index contributed by atoms with van der Waals surface area (Å²) in [7, 11) is 0. The van der Waals surface area contributed by atoms with Gasteiger partial charge in [-0.1, -0.05) is 17.7 Å². The van der Waals surface area contributed by atoms with Crippen LogP contribution in [0.1, 0.15) is 16.7 Å². The zero-order chi connectivity index (χ0) is 13.8. The number of halogens is 1. The van der Waals surface area contributed by atoms with Crippen LogP contribution in [0.4, 0.5) is 4.39 Å². The summed E-state index contributed by atoms with van der Waals surface area (Å²) in [5.41, 5.74) is 8.58. The van der Waals surface area contributed by atoms with E-state index < -0.39 is 0 Å². The van der Waals surface area contributed by atoms with E-state index in [2.05, 4.69) is 6.07 Å². The summed E-state index contributed by atoms with van der Waals surface area (Å²) in [4.78, 5) is 0. The van der Waals surface area contributed by atoms with Gasteiger partial charge in [-0.05, 0) is 62.2 Å². The van der Waals surface area contributed by atoms with Gasteiger partial charge in [-0.2, -0.15) is 0 Å². The predicted molar refractivity (Wildman–Crippen MR) is 75.1 cm³/mol. The molecule has 2 aromatic rings. The fourth-order valence-electron chi connectivity index (χ4n) is 2.03. The predicted octanol–water partition coefficient (Wildman–Crippen LogP) is 3.74. The van der Waals surface area contributed by atoms with Crippen molar-refractivity contribution in [2.75, 3.05) is 6.54 Å². The number of rotatable bonds is 4. The third-order valence-electron chi connectivity index (χ3n) is 2.99. The Morgan fingerprint density at radius 2 is 1.79 bits per heavy atom. The van der Waals surface area contributed by atoms with E-state index in [1.807, 2.05) is 26.0 Å². The average Bonchev–Trinajstić information content (AvgIpc) is 2.36. The largest absolute Gasteiger partial charge is 0.457 e. The first-order valence-corrected chi connectivity index (χ1v) is 6.34. The van der Waals surface area contributed by atoms with Gasteiger partial charge in [0, 0.05) is 0 Å². The first kappa shape index (κ1) is 13.6. The van der Waals surface area contributed by atoms with Crippen LogP contribution in [0.2, 0.25) is 0 Å². The molecule has 0 unspecified atom stereocenters. The second-order valence-electron chi connectivity index (χ2n) is 4.66. The van der Waals surface area contributed by atoms with E-state index in [9.17, 15) is 4.39 Å². The number of benzene rings is 2. The molecule has 0 saturated heterocycles. The standard InChI is InChI=1S/C16H18FNO/c1-11-3-5-15(12(2)9-11)19-16-6-4-14(17)10-13(16)7-8-18/h3-6,9-10H,7-8,18H2,1-2H3. The van der Waals surface area contributed by atoms with Crippen LogP contribution in [0.15, 0.2) is 36.4 Å². The molecule has 0 fully saturated rings. The molecule has 3 heteroatoms. The number of hydrogen-bond donors (Lipinski definition) is 1. The molecule has 0 aliphatic heterocycles. The van der Waals surface area contributed by atoms with Crippen molar-refractivity contribution in [3.05, 3.63) is 58.9 Å². The van der Waals surface area contributed by atoms with Crippen LogP contribution in [0.3, 0.4) is 0 Å². The highest BCUT2D eigenvalue weighted by Crippen LogP contribution is 2.29. The van der Waals surface area contributed by atoms with Crippen LogP contribution in [-0.2, 0) is 6.42 Å². The van der Waals surface area contributed by atoms with Crippen molar-refractivity contribution < 1.29 is 9.13 Å². The molecule has 0 amide bonds. The van der Waals surface area contributed by atoms with Crippen LogP contribution in [0, 0.1) is 19.7 Å². The Hall–Kier alpha value is -1.87. The molecule has 0 bridgehead atoms. The first-order chi connectivity index (χ1) is 9.10. The summed E-state index contributed by atoms with van der Waals surface area (Å²) in [6.45, 7) is 4.50. The molecule has 0 spiro atoms. The van der Waals surface area contributed by atoms with Gasteiger partial charge in [0.2, 0.25) is 0 Å². The molecule has 0 heterocycles. The van der Waals surface area contributed by atoms with Crippen molar-refractivity contribution in [2.24, 2.45) is 5.73 Å². The van der Waals surface area contributed by atoms with Crippen molar-refractivity contribution in [3.63, 3.8) is 0 Å². The van der Waals surface area contributed by atoms with Crippen molar-refractivity contribution in [3.8, 4) is 11.5 Å². The summed E-state index contributed by atoms with van der Waals surface area (Å²) in [6, 6.07) is 10.5. The summed E-state index contributed by atoms with van der Waals surface area (Å²) >= 11 is 0. The highest BCUT2D eigenvalue weighted by molar-refractivity contribution is 5.42. The van der Waals surface area contributed by atoms with Gasteiger partial charge in [0.25, 0.3) is 0 Å². The Morgan fingerprint density at radius 3 is 2.47 bits per heavy atom. The Bertz CT molecular complexity index is 581. The van der Waals surface area contributed by atoms with Gasteiger partial charge in [-0.15, -0.1) is 0 Å². The Kier molecular flexibility index (Phi) is 4.17. The first-order valence-electron chi connectivity index (χ1n) is 6.34. The summed E-state index contributed by atoms with van der Waals surface area (Å²) in [5, 5.41) is 0. The molecule has 0 saturated carbocycles. The molecule has 0 radical (unpaired) electrons. The van der Waals surface area contributed by atoms with Gasteiger partial charge in [-0.3, -0.25) is 0 Å². The average molecular weight is 259 g/mol. The highest BCUT2D eigenvalue weighted by atomic mass is 19.1. The lowest BCUT2D eigenvalue weighted by Crippen LogP contribution is -2.04. The lowest BCUT2D eigenvalue weighted by molar-refractivity contribution is 0.470. The van der Waals surface area contributed by atoms with E-state index >= 15 is 0 Å². The second-order valence-corrected chi connectivity index (χ2v) is 4.66. The highest BCUT2D eigenvalue weighted by Gasteiger charge is 2.08. The third-order valence-corrected chi connectivity index (χ3v) is 2.99.